The molecule has 0 spiro atoms. The highest BCUT2D eigenvalue weighted by atomic mass is 19.1. The van der Waals surface area contributed by atoms with Gasteiger partial charge < -0.3 is 4.74 Å². The summed E-state index contributed by atoms with van der Waals surface area (Å²) in [7, 11) is 0. The Labute approximate surface area is 118 Å². The first-order chi connectivity index (χ1) is 9.37. The zero-order chi connectivity index (χ0) is 14.8. The number of hydrogen-bond acceptors (Lipinski definition) is 2. The zero-order valence-electron chi connectivity index (χ0n) is 11.8. The van der Waals surface area contributed by atoms with Crippen LogP contribution in [0.3, 0.4) is 0 Å². The molecule has 0 aliphatic rings. The Bertz CT molecular complexity index is 610. The smallest absolute Gasteiger partial charge is 0.195 e. The number of ether oxygens (including phenoxy) is 1. The molecule has 0 aromatic heterocycles. The summed E-state index contributed by atoms with van der Waals surface area (Å²) in [6.45, 7) is 5.85. The van der Waals surface area contributed by atoms with Gasteiger partial charge in [-0.3, -0.25) is 4.79 Å². The third-order valence-electron chi connectivity index (χ3n) is 2.66. The van der Waals surface area contributed by atoms with E-state index in [-0.39, 0.29) is 16.9 Å². The van der Waals surface area contributed by atoms with Crippen LogP contribution in [0.15, 0.2) is 48.5 Å². The molecule has 104 valence electrons. The number of rotatable bonds is 3. The van der Waals surface area contributed by atoms with Crippen molar-refractivity contribution in [3.05, 3.63) is 65.5 Å². The molecule has 0 unspecified atom stereocenters. The van der Waals surface area contributed by atoms with Crippen molar-refractivity contribution in [1.82, 2.24) is 0 Å². The van der Waals surface area contributed by atoms with Gasteiger partial charge >= 0.3 is 0 Å². The maximum absolute atomic E-state index is 13.6. The van der Waals surface area contributed by atoms with Crippen molar-refractivity contribution in [3.63, 3.8) is 0 Å². The van der Waals surface area contributed by atoms with Crippen LogP contribution in [-0.4, -0.2) is 11.4 Å². The predicted molar refractivity (Wildman–Crippen MR) is 76.7 cm³/mol. The molecule has 0 atom stereocenters. The SMILES string of the molecule is CC(C)(C)Oc1ccc(C(=O)c2ccccc2F)cc1. The van der Waals surface area contributed by atoms with Crippen molar-refractivity contribution in [2.75, 3.05) is 0 Å². The summed E-state index contributed by atoms with van der Waals surface area (Å²) in [4.78, 5) is 12.2. The minimum atomic E-state index is -0.507. The first-order valence-corrected chi connectivity index (χ1v) is 6.45. The van der Waals surface area contributed by atoms with Crippen LogP contribution in [0.4, 0.5) is 4.39 Å². The molecule has 3 heteroatoms. The third-order valence-corrected chi connectivity index (χ3v) is 2.66. The molecule has 0 fully saturated rings. The summed E-state index contributed by atoms with van der Waals surface area (Å²) in [6.07, 6.45) is 0. The molecule has 0 radical (unpaired) electrons. The van der Waals surface area contributed by atoms with E-state index in [4.69, 9.17) is 4.74 Å². The molecule has 2 aromatic rings. The zero-order valence-corrected chi connectivity index (χ0v) is 11.8. The van der Waals surface area contributed by atoms with Crippen LogP contribution in [0.5, 0.6) is 5.75 Å². The van der Waals surface area contributed by atoms with Crippen molar-refractivity contribution < 1.29 is 13.9 Å². The Balaban J connectivity index is 2.22. The van der Waals surface area contributed by atoms with E-state index < -0.39 is 5.82 Å². The van der Waals surface area contributed by atoms with E-state index in [1.807, 2.05) is 20.8 Å². The lowest BCUT2D eigenvalue weighted by Crippen LogP contribution is -2.22. The van der Waals surface area contributed by atoms with Crippen molar-refractivity contribution in [2.24, 2.45) is 0 Å². The fourth-order valence-corrected chi connectivity index (χ4v) is 1.83. The molecule has 2 nitrogen and oxygen atoms in total. The van der Waals surface area contributed by atoms with Crippen LogP contribution in [0.25, 0.3) is 0 Å². The molecule has 0 amide bonds. The van der Waals surface area contributed by atoms with Gasteiger partial charge in [-0.1, -0.05) is 12.1 Å². The minimum absolute atomic E-state index is 0.0805. The number of ketones is 1. The summed E-state index contributed by atoms with van der Waals surface area (Å²) in [5.74, 6) is -0.152. The average Bonchev–Trinajstić information content (AvgIpc) is 2.37. The second-order valence-corrected chi connectivity index (χ2v) is 5.55. The lowest BCUT2D eigenvalue weighted by atomic mass is 10.0. The summed E-state index contributed by atoms with van der Waals surface area (Å²) < 4.78 is 19.3. The lowest BCUT2D eigenvalue weighted by Gasteiger charge is -2.21. The van der Waals surface area contributed by atoms with Gasteiger partial charge in [0.2, 0.25) is 0 Å². The van der Waals surface area contributed by atoms with Crippen LogP contribution < -0.4 is 4.74 Å². The highest BCUT2D eigenvalue weighted by Crippen LogP contribution is 2.20. The number of hydrogen-bond donors (Lipinski definition) is 0. The average molecular weight is 272 g/mol. The maximum atomic E-state index is 13.6. The molecule has 2 rings (SSSR count). The molecule has 0 saturated heterocycles. The third kappa shape index (κ3) is 3.44. The van der Waals surface area contributed by atoms with Crippen molar-refractivity contribution in [3.8, 4) is 5.75 Å². The predicted octanol–water partition coefficient (Wildman–Crippen LogP) is 4.23. The maximum Gasteiger partial charge on any atom is 0.195 e. The highest BCUT2D eigenvalue weighted by Gasteiger charge is 2.15. The molecule has 0 heterocycles. The van der Waals surface area contributed by atoms with Gasteiger partial charge in [0.15, 0.2) is 5.78 Å². The van der Waals surface area contributed by atoms with Gasteiger partial charge in [0.25, 0.3) is 0 Å². The van der Waals surface area contributed by atoms with E-state index in [1.54, 1.807) is 36.4 Å². The van der Waals surface area contributed by atoms with E-state index in [2.05, 4.69) is 0 Å². The summed E-state index contributed by atoms with van der Waals surface area (Å²) in [5.41, 5.74) is 0.227. The van der Waals surface area contributed by atoms with Gasteiger partial charge in [0, 0.05) is 5.56 Å². The van der Waals surface area contributed by atoms with E-state index in [0.717, 1.165) is 0 Å². The van der Waals surface area contributed by atoms with Gasteiger partial charge in [-0.2, -0.15) is 0 Å². The highest BCUT2D eigenvalue weighted by molar-refractivity contribution is 6.09. The first kappa shape index (κ1) is 14.3. The number of benzene rings is 2. The monoisotopic (exact) mass is 272 g/mol. The molecular weight excluding hydrogens is 255 g/mol. The molecule has 0 bridgehead atoms. The first-order valence-electron chi connectivity index (χ1n) is 6.45. The van der Waals surface area contributed by atoms with Gasteiger partial charge in [0.05, 0.1) is 5.56 Å². The topological polar surface area (TPSA) is 26.3 Å². The van der Waals surface area contributed by atoms with Crippen molar-refractivity contribution in [2.45, 2.75) is 26.4 Å². The molecule has 0 saturated carbocycles. The Morgan fingerprint density at radius 2 is 1.60 bits per heavy atom. The lowest BCUT2D eigenvalue weighted by molar-refractivity contribution is 0.103. The fraction of sp³-hybridized carbons (Fsp3) is 0.235. The number of carbonyl (C=O) groups is 1. The van der Waals surface area contributed by atoms with Crippen LogP contribution in [0.1, 0.15) is 36.7 Å². The Morgan fingerprint density at radius 3 is 2.15 bits per heavy atom. The van der Waals surface area contributed by atoms with E-state index in [1.165, 1.54) is 12.1 Å². The van der Waals surface area contributed by atoms with Gasteiger partial charge in [-0.05, 0) is 57.2 Å². The minimum Gasteiger partial charge on any atom is -0.488 e. The summed E-state index contributed by atoms with van der Waals surface area (Å²) >= 11 is 0. The Kier molecular flexibility index (Phi) is 3.89. The quantitative estimate of drug-likeness (QED) is 0.781. The largest absolute Gasteiger partial charge is 0.488 e. The van der Waals surface area contributed by atoms with E-state index in [9.17, 15) is 9.18 Å². The number of carbonyl (C=O) groups excluding carboxylic acids is 1. The second kappa shape index (κ2) is 5.45. The standard InChI is InChI=1S/C17H17FO2/c1-17(2,3)20-13-10-8-12(9-11-13)16(19)14-6-4-5-7-15(14)18/h4-11H,1-3H3. The van der Waals surface area contributed by atoms with Crippen LogP contribution in [0.2, 0.25) is 0 Å². The van der Waals surface area contributed by atoms with E-state index in [0.29, 0.717) is 11.3 Å². The number of halogens is 1. The molecule has 2 aromatic carbocycles. The summed E-state index contributed by atoms with van der Waals surface area (Å²) in [6, 6.07) is 12.7. The molecule has 0 aliphatic heterocycles. The van der Waals surface area contributed by atoms with Crippen molar-refractivity contribution >= 4 is 5.78 Å². The Morgan fingerprint density at radius 1 is 1.00 bits per heavy atom. The van der Waals surface area contributed by atoms with Gasteiger partial charge in [0.1, 0.15) is 17.2 Å². The normalized spacial score (nSPS) is 11.2. The molecule has 0 aliphatic carbocycles. The van der Waals surface area contributed by atoms with E-state index >= 15 is 0 Å². The Hall–Kier alpha value is -2.16. The van der Waals surface area contributed by atoms with Crippen LogP contribution in [0, 0.1) is 5.82 Å². The molecule has 0 N–H and O–H groups in total. The van der Waals surface area contributed by atoms with Crippen molar-refractivity contribution in [1.29, 1.82) is 0 Å². The van der Waals surface area contributed by atoms with Crippen LogP contribution in [-0.2, 0) is 0 Å². The second-order valence-electron chi connectivity index (χ2n) is 5.55. The van der Waals surface area contributed by atoms with Gasteiger partial charge in [-0.25, -0.2) is 4.39 Å². The summed E-state index contributed by atoms with van der Waals surface area (Å²) in [5, 5.41) is 0. The van der Waals surface area contributed by atoms with Gasteiger partial charge in [-0.15, -0.1) is 0 Å². The molecule has 20 heavy (non-hydrogen) atoms. The van der Waals surface area contributed by atoms with Crippen LogP contribution >= 0.6 is 0 Å². The molecular formula is C17H17FO2. The fourth-order valence-electron chi connectivity index (χ4n) is 1.83.